The smallest absolute Gasteiger partial charge is 0.236 e. The number of hydrogen-bond acceptors (Lipinski definition) is 7. The van der Waals surface area contributed by atoms with Crippen LogP contribution in [0.3, 0.4) is 0 Å². The predicted octanol–water partition coefficient (Wildman–Crippen LogP) is 3.71. The van der Waals surface area contributed by atoms with Crippen LogP contribution in [-0.4, -0.2) is 34.8 Å². The Labute approximate surface area is 158 Å². The first-order valence-electron chi connectivity index (χ1n) is 7.97. The summed E-state index contributed by atoms with van der Waals surface area (Å²) < 4.78 is 11.1. The Morgan fingerprint density at radius 1 is 1.15 bits per heavy atom. The largest absolute Gasteiger partial charge is 0.486 e. The van der Waals surface area contributed by atoms with Gasteiger partial charge in [-0.3, -0.25) is 9.78 Å². The average molecular weight is 385 g/mol. The number of nitrogens with one attached hydrogen (secondary N) is 1. The highest BCUT2D eigenvalue weighted by molar-refractivity contribution is 8.00. The molecule has 1 N–H and O–H groups in total. The third-order valence-corrected chi connectivity index (χ3v) is 5.31. The number of rotatable bonds is 5. The zero-order valence-corrected chi connectivity index (χ0v) is 15.3. The molecule has 0 radical (unpaired) electrons. The topological polar surface area (TPSA) is 73.3 Å². The molecule has 0 saturated carbocycles. The lowest BCUT2D eigenvalue weighted by Gasteiger charge is -2.18. The number of fused-ring (bicyclic) bond motifs is 1. The summed E-state index contributed by atoms with van der Waals surface area (Å²) in [5.74, 6) is 1.65. The van der Waals surface area contributed by atoms with E-state index < -0.39 is 0 Å². The van der Waals surface area contributed by atoms with Gasteiger partial charge in [-0.25, -0.2) is 4.98 Å². The van der Waals surface area contributed by atoms with Crippen LogP contribution in [-0.2, 0) is 4.79 Å². The van der Waals surface area contributed by atoms with Crippen molar-refractivity contribution in [3.63, 3.8) is 0 Å². The van der Waals surface area contributed by atoms with E-state index in [-0.39, 0.29) is 11.7 Å². The first-order valence-corrected chi connectivity index (χ1v) is 9.84. The fourth-order valence-electron chi connectivity index (χ4n) is 2.38. The second kappa shape index (κ2) is 7.76. The van der Waals surface area contributed by atoms with Gasteiger partial charge in [-0.05, 0) is 30.3 Å². The molecule has 0 atom stereocenters. The predicted molar refractivity (Wildman–Crippen MR) is 102 cm³/mol. The molecular formula is C18H15N3O3S2. The van der Waals surface area contributed by atoms with Gasteiger partial charge in [-0.2, -0.15) is 0 Å². The van der Waals surface area contributed by atoms with Crippen LogP contribution in [0.15, 0.2) is 52.9 Å². The normalized spacial score (nSPS) is 12.6. The fourth-order valence-corrected chi connectivity index (χ4v) is 3.83. The third-order valence-electron chi connectivity index (χ3n) is 3.56. The maximum absolute atomic E-state index is 12.2. The summed E-state index contributed by atoms with van der Waals surface area (Å²) in [6.45, 7) is 1.11. The number of carbonyl (C=O) groups is 1. The Hall–Kier alpha value is -2.58. The van der Waals surface area contributed by atoms with Crippen molar-refractivity contribution < 1.29 is 14.3 Å². The molecular weight excluding hydrogens is 370 g/mol. The number of thiazole rings is 1. The van der Waals surface area contributed by atoms with E-state index in [4.69, 9.17) is 9.47 Å². The van der Waals surface area contributed by atoms with E-state index in [1.54, 1.807) is 6.20 Å². The summed E-state index contributed by atoms with van der Waals surface area (Å²) in [4.78, 5) is 21.8. The molecule has 0 saturated heterocycles. The molecule has 1 aliphatic heterocycles. The van der Waals surface area contributed by atoms with E-state index in [2.05, 4.69) is 15.3 Å². The molecule has 0 aliphatic carbocycles. The van der Waals surface area contributed by atoms with Crippen molar-refractivity contribution in [1.29, 1.82) is 0 Å². The third kappa shape index (κ3) is 3.97. The van der Waals surface area contributed by atoms with Crippen LogP contribution >= 0.6 is 23.1 Å². The lowest BCUT2D eigenvalue weighted by atomic mass is 10.3. The van der Waals surface area contributed by atoms with Gasteiger partial charge in [0.2, 0.25) is 5.91 Å². The van der Waals surface area contributed by atoms with Crippen molar-refractivity contribution in [2.75, 3.05) is 24.3 Å². The van der Waals surface area contributed by atoms with E-state index in [1.165, 1.54) is 23.1 Å². The van der Waals surface area contributed by atoms with Gasteiger partial charge in [0.25, 0.3) is 0 Å². The molecule has 0 bridgehead atoms. The van der Waals surface area contributed by atoms with E-state index in [9.17, 15) is 4.79 Å². The van der Waals surface area contributed by atoms with Gasteiger partial charge in [0.15, 0.2) is 16.6 Å². The van der Waals surface area contributed by atoms with Crippen molar-refractivity contribution in [1.82, 2.24) is 9.97 Å². The zero-order valence-electron chi connectivity index (χ0n) is 13.7. The summed E-state index contributed by atoms with van der Waals surface area (Å²) in [5.41, 5.74) is 1.54. The van der Waals surface area contributed by atoms with Crippen molar-refractivity contribution in [2.24, 2.45) is 0 Å². The van der Waals surface area contributed by atoms with Crippen LogP contribution in [0.5, 0.6) is 11.5 Å². The summed E-state index contributed by atoms with van der Waals surface area (Å²) in [6, 6.07) is 11.3. The second-order valence-corrected chi connectivity index (χ2v) is 7.30. The maximum Gasteiger partial charge on any atom is 0.236 e. The van der Waals surface area contributed by atoms with Gasteiger partial charge in [-0.15, -0.1) is 23.1 Å². The van der Waals surface area contributed by atoms with Crippen LogP contribution in [0.1, 0.15) is 0 Å². The number of carbonyl (C=O) groups excluding carboxylic acids is 1. The number of anilines is 1. The minimum Gasteiger partial charge on any atom is -0.486 e. The van der Waals surface area contributed by atoms with Gasteiger partial charge in [-0.1, -0.05) is 6.07 Å². The number of benzene rings is 1. The van der Waals surface area contributed by atoms with Crippen molar-refractivity contribution in [2.45, 2.75) is 4.90 Å². The molecule has 26 heavy (non-hydrogen) atoms. The highest BCUT2D eigenvalue weighted by Gasteiger charge is 2.13. The maximum atomic E-state index is 12.2. The number of thioether (sulfide) groups is 1. The van der Waals surface area contributed by atoms with Gasteiger partial charge >= 0.3 is 0 Å². The van der Waals surface area contributed by atoms with Gasteiger partial charge in [0, 0.05) is 16.5 Å². The molecule has 0 unspecified atom stereocenters. The summed E-state index contributed by atoms with van der Waals surface area (Å²) in [7, 11) is 0. The average Bonchev–Trinajstić information content (AvgIpc) is 3.15. The molecule has 0 fully saturated rings. The van der Waals surface area contributed by atoms with Crippen molar-refractivity contribution >= 4 is 34.1 Å². The number of amides is 1. The van der Waals surface area contributed by atoms with Crippen LogP contribution in [0.4, 0.5) is 5.13 Å². The van der Waals surface area contributed by atoms with Gasteiger partial charge in [0.05, 0.1) is 11.4 Å². The molecule has 132 valence electrons. The first-order chi connectivity index (χ1) is 12.8. The SMILES string of the molecule is O=C(CSc1ccc2c(c1)OCCO2)Nc1nc(-c2ccccn2)cs1. The Morgan fingerprint density at radius 2 is 2.04 bits per heavy atom. The molecule has 3 aromatic rings. The summed E-state index contributed by atoms with van der Waals surface area (Å²) in [5, 5.41) is 5.28. The zero-order chi connectivity index (χ0) is 17.8. The van der Waals surface area contributed by atoms with E-state index >= 15 is 0 Å². The van der Waals surface area contributed by atoms with Gasteiger partial charge < -0.3 is 14.8 Å². The van der Waals surface area contributed by atoms with Crippen LogP contribution in [0.25, 0.3) is 11.4 Å². The lowest BCUT2D eigenvalue weighted by molar-refractivity contribution is -0.113. The quantitative estimate of drug-likeness (QED) is 0.675. The molecule has 0 spiro atoms. The number of nitrogens with zero attached hydrogens (tertiary/aromatic N) is 2. The van der Waals surface area contributed by atoms with Gasteiger partial charge in [0.1, 0.15) is 18.9 Å². The summed E-state index contributed by atoms with van der Waals surface area (Å²) in [6.07, 6.45) is 1.72. The molecule has 3 heterocycles. The van der Waals surface area contributed by atoms with Crippen LogP contribution < -0.4 is 14.8 Å². The second-order valence-electron chi connectivity index (χ2n) is 5.40. The number of aromatic nitrogens is 2. The van der Waals surface area contributed by atoms with Crippen LogP contribution in [0, 0.1) is 0 Å². The number of pyridine rings is 1. The monoisotopic (exact) mass is 385 g/mol. The lowest BCUT2D eigenvalue weighted by Crippen LogP contribution is -2.15. The highest BCUT2D eigenvalue weighted by Crippen LogP contribution is 2.34. The Morgan fingerprint density at radius 3 is 2.88 bits per heavy atom. The molecule has 2 aromatic heterocycles. The summed E-state index contributed by atoms with van der Waals surface area (Å²) >= 11 is 2.82. The Balaban J connectivity index is 1.34. The number of hydrogen-bond donors (Lipinski definition) is 1. The minimum absolute atomic E-state index is 0.105. The highest BCUT2D eigenvalue weighted by atomic mass is 32.2. The van der Waals surface area contributed by atoms with E-state index in [0.717, 1.165) is 27.8 Å². The molecule has 6 nitrogen and oxygen atoms in total. The van der Waals surface area contributed by atoms with E-state index in [0.29, 0.717) is 18.3 Å². The molecule has 8 heteroatoms. The van der Waals surface area contributed by atoms with E-state index in [1.807, 2.05) is 41.8 Å². The van der Waals surface area contributed by atoms with Crippen LogP contribution in [0.2, 0.25) is 0 Å². The molecule has 4 rings (SSSR count). The van der Waals surface area contributed by atoms with Crippen molar-refractivity contribution in [3.05, 3.63) is 48.0 Å². The Bertz CT molecular complexity index is 915. The minimum atomic E-state index is -0.105. The molecule has 1 aromatic carbocycles. The fraction of sp³-hybridized carbons (Fsp3) is 0.167. The first kappa shape index (κ1) is 16.9. The molecule has 1 amide bonds. The standard InChI is InChI=1S/C18H15N3O3S2/c22-17(11-25-12-4-5-15-16(9-12)24-8-7-23-15)21-18-20-14(10-26-18)13-3-1-2-6-19-13/h1-6,9-10H,7-8,11H2,(H,20,21,22). The number of ether oxygens (including phenoxy) is 2. The van der Waals surface area contributed by atoms with Crippen molar-refractivity contribution in [3.8, 4) is 22.9 Å². The molecule has 1 aliphatic rings. The Kier molecular flexibility index (Phi) is 5.03.